The van der Waals surface area contributed by atoms with Gasteiger partial charge in [-0.1, -0.05) is 19.1 Å². The minimum absolute atomic E-state index is 0.0652. The third-order valence-corrected chi connectivity index (χ3v) is 5.56. The number of carbonyl (C=O) groups is 1. The average molecular weight is 362 g/mol. The summed E-state index contributed by atoms with van der Waals surface area (Å²) in [5, 5.41) is 3.17. The molecule has 1 saturated heterocycles. The monoisotopic (exact) mass is 361 g/mol. The highest BCUT2D eigenvalue weighted by atomic mass is 16.5. The first-order valence-electron chi connectivity index (χ1n) is 9.76. The number of rotatable bonds is 8. The molecule has 146 valence electrons. The number of benzene rings is 1. The zero-order valence-corrected chi connectivity index (χ0v) is 17.0. The van der Waals surface area contributed by atoms with Gasteiger partial charge in [-0.2, -0.15) is 0 Å². The maximum absolute atomic E-state index is 12.5. The van der Waals surface area contributed by atoms with Crippen LogP contribution >= 0.6 is 0 Å². The van der Waals surface area contributed by atoms with E-state index in [0.29, 0.717) is 0 Å². The molecule has 1 heterocycles. The summed E-state index contributed by atoms with van der Waals surface area (Å²) in [7, 11) is 1.69. The summed E-state index contributed by atoms with van der Waals surface area (Å²) in [5.41, 5.74) is 1.20. The van der Waals surface area contributed by atoms with Crippen molar-refractivity contribution in [3.8, 4) is 5.75 Å². The second-order valence-electron chi connectivity index (χ2n) is 7.88. The first-order chi connectivity index (χ1) is 12.3. The van der Waals surface area contributed by atoms with Crippen LogP contribution in [-0.2, 0) is 11.2 Å². The summed E-state index contributed by atoms with van der Waals surface area (Å²) < 4.78 is 5.21. The van der Waals surface area contributed by atoms with Crippen molar-refractivity contribution < 1.29 is 9.53 Å². The smallest absolute Gasteiger partial charge is 0.237 e. The predicted molar refractivity (Wildman–Crippen MR) is 107 cm³/mol. The van der Waals surface area contributed by atoms with E-state index in [0.717, 1.165) is 51.3 Å². The van der Waals surface area contributed by atoms with Crippen molar-refractivity contribution in [2.45, 2.75) is 52.1 Å². The van der Waals surface area contributed by atoms with Gasteiger partial charge in [0.05, 0.1) is 13.2 Å². The van der Waals surface area contributed by atoms with E-state index < -0.39 is 0 Å². The predicted octanol–water partition coefficient (Wildman–Crippen LogP) is 2.55. The second kappa shape index (κ2) is 9.38. The van der Waals surface area contributed by atoms with Crippen LogP contribution in [0.5, 0.6) is 5.75 Å². The van der Waals surface area contributed by atoms with Gasteiger partial charge in [-0.15, -0.1) is 0 Å². The molecule has 5 heteroatoms. The van der Waals surface area contributed by atoms with Crippen molar-refractivity contribution in [1.82, 2.24) is 15.1 Å². The van der Waals surface area contributed by atoms with Gasteiger partial charge in [0, 0.05) is 38.3 Å². The second-order valence-corrected chi connectivity index (χ2v) is 7.88. The van der Waals surface area contributed by atoms with Gasteiger partial charge in [0.2, 0.25) is 5.91 Å². The molecular weight excluding hydrogens is 326 g/mol. The molecule has 2 rings (SSSR count). The lowest BCUT2D eigenvalue weighted by Crippen LogP contribution is -2.56. The van der Waals surface area contributed by atoms with E-state index >= 15 is 0 Å². The van der Waals surface area contributed by atoms with Crippen LogP contribution in [0.3, 0.4) is 0 Å². The molecule has 0 aliphatic carbocycles. The van der Waals surface area contributed by atoms with Gasteiger partial charge in [0.1, 0.15) is 5.75 Å². The van der Waals surface area contributed by atoms with E-state index in [-0.39, 0.29) is 17.5 Å². The molecule has 1 unspecified atom stereocenters. The van der Waals surface area contributed by atoms with Gasteiger partial charge < -0.3 is 15.0 Å². The van der Waals surface area contributed by atoms with Crippen LogP contribution in [0.1, 0.15) is 39.7 Å². The van der Waals surface area contributed by atoms with E-state index in [4.69, 9.17) is 4.74 Å². The van der Waals surface area contributed by atoms with Crippen LogP contribution < -0.4 is 10.1 Å². The standard InChI is InChI=1S/C21H35N3O2/c1-6-21(3,4)22-20(25)17(2)24-15-13-23(14-16-24)12-11-18-7-9-19(26-5)10-8-18/h7-10,17H,6,11-16H2,1-5H3,(H,22,25). The fourth-order valence-corrected chi connectivity index (χ4v) is 3.15. The van der Waals surface area contributed by atoms with E-state index in [1.54, 1.807) is 7.11 Å². The summed E-state index contributed by atoms with van der Waals surface area (Å²) >= 11 is 0. The Bertz CT molecular complexity index is 563. The zero-order chi connectivity index (χ0) is 19.2. The number of hydrogen-bond donors (Lipinski definition) is 1. The van der Waals surface area contributed by atoms with E-state index in [2.05, 4.69) is 48.0 Å². The molecule has 26 heavy (non-hydrogen) atoms. The Morgan fingerprint density at radius 2 is 1.81 bits per heavy atom. The third-order valence-electron chi connectivity index (χ3n) is 5.56. The van der Waals surface area contributed by atoms with Gasteiger partial charge in [-0.05, 0) is 51.3 Å². The van der Waals surface area contributed by atoms with Crippen LogP contribution in [0, 0.1) is 0 Å². The number of hydrogen-bond acceptors (Lipinski definition) is 4. The topological polar surface area (TPSA) is 44.8 Å². The summed E-state index contributed by atoms with van der Waals surface area (Å²) in [6.07, 6.45) is 1.98. The van der Waals surface area contributed by atoms with Crippen molar-refractivity contribution in [2.75, 3.05) is 39.8 Å². The maximum Gasteiger partial charge on any atom is 0.237 e. The highest BCUT2D eigenvalue weighted by Crippen LogP contribution is 2.14. The Hall–Kier alpha value is -1.59. The molecule has 1 amide bonds. The highest BCUT2D eigenvalue weighted by molar-refractivity contribution is 5.82. The molecule has 1 N–H and O–H groups in total. The Kier molecular flexibility index (Phi) is 7.47. The molecule has 0 radical (unpaired) electrons. The van der Waals surface area contributed by atoms with Crippen LogP contribution in [0.25, 0.3) is 0 Å². The fraction of sp³-hybridized carbons (Fsp3) is 0.667. The van der Waals surface area contributed by atoms with Crippen molar-refractivity contribution in [1.29, 1.82) is 0 Å². The molecule has 1 aliphatic heterocycles. The summed E-state index contributed by atoms with van der Waals surface area (Å²) in [5.74, 6) is 1.05. The van der Waals surface area contributed by atoms with Crippen LogP contribution in [-0.4, -0.2) is 67.1 Å². The van der Waals surface area contributed by atoms with Gasteiger partial charge in [0.25, 0.3) is 0 Å². The lowest BCUT2D eigenvalue weighted by Gasteiger charge is -2.38. The molecule has 1 aromatic carbocycles. The average Bonchev–Trinajstić information content (AvgIpc) is 2.66. The van der Waals surface area contributed by atoms with Gasteiger partial charge >= 0.3 is 0 Å². The third kappa shape index (κ3) is 5.99. The molecular formula is C21H35N3O2. The molecule has 0 saturated carbocycles. The molecule has 0 aromatic heterocycles. The van der Waals surface area contributed by atoms with Crippen molar-refractivity contribution >= 4 is 5.91 Å². The number of nitrogens with zero attached hydrogens (tertiary/aromatic N) is 2. The Morgan fingerprint density at radius 1 is 1.19 bits per heavy atom. The molecule has 0 spiro atoms. The quantitative estimate of drug-likeness (QED) is 0.773. The van der Waals surface area contributed by atoms with Crippen molar-refractivity contribution in [3.63, 3.8) is 0 Å². The number of ether oxygens (including phenoxy) is 1. The van der Waals surface area contributed by atoms with Gasteiger partial charge in [-0.25, -0.2) is 0 Å². The number of carbonyl (C=O) groups excluding carboxylic acids is 1. The number of amides is 1. The highest BCUT2D eigenvalue weighted by Gasteiger charge is 2.28. The minimum Gasteiger partial charge on any atom is -0.497 e. The SMILES string of the molecule is CCC(C)(C)NC(=O)C(C)N1CCN(CCc2ccc(OC)cc2)CC1. The van der Waals surface area contributed by atoms with E-state index in [1.165, 1.54) is 5.56 Å². The van der Waals surface area contributed by atoms with Crippen molar-refractivity contribution in [3.05, 3.63) is 29.8 Å². The van der Waals surface area contributed by atoms with E-state index in [9.17, 15) is 4.79 Å². The number of nitrogens with one attached hydrogen (secondary N) is 1. The molecule has 1 atom stereocenters. The zero-order valence-electron chi connectivity index (χ0n) is 17.0. The molecule has 1 aliphatic rings. The largest absolute Gasteiger partial charge is 0.497 e. The van der Waals surface area contributed by atoms with Crippen LogP contribution in [0.2, 0.25) is 0 Å². The summed E-state index contributed by atoms with van der Waals surface area (Å²) in [6, 6.07) is 8.24. The molecule has 0 bridgehead atoms. The normalized spacial score (nSPS) is 17.7. The lowest BCUT2D eigenvalue weighted by atomic mass is 10.0. The molecule has 1 fully saturated rings. The summed E-state index contributed by atoms with van der Waals surface area (Å²) in [6.45, 7) is 13.3. The van der Waals surface area contributed by atoms with Gasteiger partial charge in [0.15, 0.2) is 0 Å². The first kappa shape index (κ1) is 20.7. The Balaban J connectivity index is 1.74. The van der Waals surface area contributed by atoms with E-state index in [1.807, 2.05) is 19.1 Å². The Labute approximate surface area is 158 Å². The number of methoxy groups -OCH3 is 1. The maximum atomic E-state index is 12.5. The minimum atomic E-state index is -0.133. The van der Waals surface area contributed by atoms with Crippen LogP contribution in [0.4, 0.5) is 0 Å². The van der Waals surface area contributed by atoms with Crippen molar-refractivity contribution in [2.24, 2.45) is 0 Å². The first-order valence-corrected chi connectivity index (χ1v) is 9.76. The fourth-order valence-electron chi connectivity index (χ4n) is 3.15. The summed E-state index contributed by atoms with van der Waals surface area (Å²) in [4.78, 5) is 17.3. The Morgan fingerprint density at radius 3 is 2.35 bits per heavy atom. The molecule has 1 aromatic rings. The number of piperazine rings is 1. The lowest BCUT2D eigenvalue weighted by molar-refractivity contribution is -0.128. The molecule has 5 nitrogen and oxygen atoms in total. The van der Waals surface area contributed by atoms with Gasteiger partial charge in [-0.3, -0.25) is 9.69 Å². The van der Waals surface area contributed by atoms with Crippen LogP contribution in [0.15, 0.2) is 24.3 Å².